The summed E-state index contributed by atoms with van der Waals surface area (Å²) in [5.74, 6) is 0.165. The number of nitrogens with zero attached hydrogens (tertiary/aromatic N) is 1. The van der Waals surface area contributed by atoms with Crippen LogP contribution >= 0.6 is 12.2 Å². The summed E-state index contributed by atoms with van der Waals surface area (Å²) in [5.41, 5.74) is 7.68. The number of nitrogens with one attached hydrogen (secondary N) is 1. The Bertz CT molecular complexity index is 675. The number of amides is 1. The van der Waals surface area contributed by atoms with Crippen molar-refractivity contribution >= 4 is 34.0 Å². The van der Waals surface area contributed by atoms with E-state index < -0.39 is 0 Å². The molecular formula is C16H19N3OS. The van der Waals surface area contributed by atoms with Crippen molar-refractivity contribution < 1.29 is 4.79 Å². The zero-order valence-corrected chi connectivity index (χ0v) is 12.7. The highest BCUT2D eigenvalue weighted by Gasteiger charge is 2.32. The lowest BCUT2D eigenvalue weighted by Crippen LogP contribution is -2.36. The molecule has 0 radical (unpaired) electrons. The van der Waals surface area contributed by atoms with E-state index in [2.05, 4.69) is 4.98 Å². The molecule has 1 aliphatic rings. The van der Waals surface area contributed by atoms with Crippen LogP contribution in [0.2, 0.25) is 0 Å². The van der Waals surface area contributed by atoms with Crippen LogP contribution in [-0.4, -0.2) is 33.4 Å². The molecule has 4 nitrogen and oxygen atoms in total. The molecule has 1 amide bonds. The number of benzene rings is 1. The van der Waals surface area contributed by atoms with Gasteiger partial charge >= 0.3 is 0 Å². The summed E-state index contributed by atoms with van der Waals surface area (Å²) in [6.45, 7) is 0.640. The van der Waals surface area contributed by atoms with E-state index in [1.54, 1.807) is 0 Å². The number of hydrogen-bond donors (Lipinski definition) is 2. The van der Waals surface area contributed by atoms with E-state index in [1.807, 2.05) is 35.4 Å². The normalized spacial score (nSPS) is 14.3. The van der Waals surface area contributed by atoms with Crippen molar-refractivity contribution in [1.82, 2.24) is 9.88 Å². The number of para-hydroxylation sites is 1. The molecule has 1 heterocycles. The highest BCUT2D eigenvalue weighted by atomic mass is 32.1. The summed E-state index contributed by atoms with van der Waals surface area (Å²) in [4.78, 5) is 18.2. The van der Waals surface area contributed by atoms with Crippen LogP contribution in [-0.2, 0) is 11.2 Å². The van der Waals surface area contributed by atoms with E-state index in [1.165, 1.54) is 0 Å². The third-order valence-corrected chi connectivity index (χ3v) is 4.13. The highest BCUT2D eigenvalue weighted by molar-refractivity contribution is 7.80. The monoisotopic (exact) mass is 301 g/mol. The van der Waals surface area contributed by atoms with Gasteiger partial charge < -0.3 is 15.6 Å². The second-order valence-electron chi connectivity index (χ2n) is 5.57. The maximum atomic E-state index is 12.6. The Balaban J connectivity index is 1.73. The Morgan fingerprint density at radius 3 is 2.86 bits per heavy atom. The fraction of sp³-hybridized carbons (Fsp3) is 0.375. The topological polar surface area (TPSA) is 62.1 Å². The zero-order chi connectivity index (χ0) is 14.8. The second-order valence-corrected chi connectivity index (χ2v) is 6.10. The van der Waals surface area contributed by atoms with E-state index in [-0.39, 0.29) is 5.91 Å². The molecule has 0 saturated heterocycles. The Morgan fingerprint density at radius 2 is 2.14 bits per heavy atom. The van der Waals surface area contributed by atoms with E-state index >= 15 is 0 Å². The molecule has 3 rings (SSSR count). The van der Waals surface area contributed by atoms with Gasteiger partial charge in [-0.2, -0.15) is 0 Å². The van der Waals surface area contributed by atoms with Gasteiger partial charge in [0.15, 0.2) is 0 Å². The third kappa shape index (κ3) is 3.24. The number of fused-ring (bicyclic) bond motifs is 1. The first-order valence-electron chi connectivity index (χ1n) is 7.28. The van der Waals surface area contributed by atoms with Crippen molar-refractivity contribution in [1.29, 1.82) is 0 Å². The van der Waals surface area contributed by atoms with Crippen LogP contribution in [0.25, 0.3) is 10.9 Å². The number of rotatable bonds is 6. The molecule has 3 N–H and O–H groups in total. The minimum absolute atomic E-state index is 0.165. The molecular weight excluding hydrogens is 282 g/mol. The fourth-order valence-electron chi connectivity index (χ4n) is 2.67. The molecule has 1 aromatic carbocycles. The Kier molecular flexibility index (Phi) is 3.92. The van der Waals surface area contributed by atoms with Gasteiger partial charge in [0.1, 0.15) is 0 Å². The van der Waals surface area contributed by atoms with Crippen LogP contribution in [0.4, 0.5) is 0 Å². The maximum Gasteiger partial charge on any atom is 0.227 e. The number of nitrogens with two attached hydrogens (primary N) is 1. The van der Waals surface area contributed by atoms with Crippen LogP contribution in [0.3, 0.4) is 0 Å². The molecule has 0 bridgehead atoms. The molecule has 1 aromatic heterocycles. The van der Waals surface area contributed by atoms with Gasteiger partial charge in [-0.3, -0.25) is 4.79 Å². The average Bonchev–Trinajstić information content (AvgIpc) is 3.21. The van der Waals surface area contributed by atoms with Crippen molar-refractivity contribution in [2.45, 2.75) is 31.7 Å². The summed E-state index contributed by atoms with van der Waals surface area (Å²) < 4.78 is 0. The zero-order valence-electron chi connectivity index (χ0n) is 11.8. The lowest BCUT2D eigenvalue weighted by molar-refractivity contribution is -0.130. The van der Waals surface area contributed by atoms with E-state index in [4.69, 9.17) is 18.0 Å². The molecule has 5 heteroatoms. The molecule has 1 fully saturated rings. The smallest absolute Gasteiger partial charge is 0.227 e. The lowest BCUT2D eigenvalue weighted by Gasteiger charge is -2.22. The fourth-order valence-corrected chi connectivity index (χ4v) is 2.76. The molecule has 110 valence electrons. The van der Waals surface area contributed by atoms with Crippen LogP contribution in [0.5, 0.6) is 0 Å². The molecule has 1 aliphatic carbocycles. The molecule has 2 aromatic rings. The number of carbonyl (C=O) groups excluding carboxylic acids is 1. The summed E-state index contributed by atoms with van der Waals surface area (Å²) >= 11 is 4.92. The third-order valence-electron chi connectivity index (χ3n) is 3.92. The maximum absolute atomic E-state index is 12.6. The van der Waals surface area contributed by atoms with Crippen molar-refractivity contribution in [3.05, 3.63) is 36.0 Å². The predicted octanol–water partition coefficient (Wildman–Crippen LogP) is 2.38. The van der Waals surface area contributed by atoms with Gasteiger partial charge in [-0.25, -0.2) is 0 Å². The van der Waals surface area contributed by atoms with Crippen molar-refractivity contribution in [2.75, 3.05) is 6.54 Å². The van der Waals surface area contributed by atoms with Crippen LogP contribution in [0.15, 0.2) is 30.5 Å². The summed E-state index contributed by atoms with van der Waals surface area (Å²) in [6, 6.07) is 8.44. The quantitative estimate of drug-likeness (QED) is 0.805. The first-order chi connectivity index (χ1) is 10.1. The molecule has 1 saturated carbocycles. The minimum Gasteiger partial charge on any atom is -0.393 e. The largest absolute Gasteiger partial charge is 0.393 e. The molecule has 0 spiro atoms. The van der Waals surface area contributed by atoms with Gasteiger partial charge in [0.25, 0.3) is 0 Å². The minimum atomic E-state index is 0.165. The standard InChI is InChI=1S/C16H19N3OS/c17-15(21)7-8-19(12-5-6-12)16(20)9-11-10-18-14-4-2-1-3-13(11)14/h1-4,10,12,18H,5-9H2,(H2,17,21). The molecule has 21 heavy (non-hydrogen) atoms. The van der Waals surface area contributed by atoms with Gasteiger partial charge in [-0.15, -0.1) is 0 Å². The van der Waals surface area contributed by atoms with Gasteiger partial charge in [-0.05, 0) is 24.5 Å². The van der Waals surface area contributed by atoms with E-state index in [0.29, 0.717) is 30.4 Å². The molecule has 0 atom stereocenters. The number of aromatic nitrogens is 1. The second kappa shape index (κ2) is 5.85. The first-order valence-corrected chi connectivity index (χ1v) is 7.69. The highest BCUT2D eigenvalue weighted by Crippen LogP contribution is 2.28. The van der Waals surface area contributed by atoms with E-state index in [9.17, 15) is 4.79 Å². The average molecular weight is 301 g/mol. The SMILES string of the molecule is NC(=S)CCN(C(=O)Cc1c[nH]c2ccccc12)C1CC1. The van der Waals surface area contributed by atoms with Crippen molar-refractivity contribution in [3.8, 4) is 0 Å². The van der Waals surface area contributed by atoms with Gasteiger partial charge in [0, 0.05) is 36.1 Å². The first kappa shape index (κ1) is 14.1. The van der Waals surface area contributed by atoms with Crippen molar-refractivity contribution in [3.63, 3.8) is 0 Å². The number of hydrogen-bond acceptors (Lipinski definition) is 2. The van der Waals surface area contributed by atoms with E-state index in [0.717, 1.165) is 29.3 Å². The lowest BCUT2D eigenvalue weighted by atomic mass is 10.1. The molecule has 0 unspecified atom stereocenters. The van der Waals surface area contributed by atoms with Gasteiger partial charge in [-0.1, -0.05) is 30.4 Å². The number of H-pyrrole nitrogens is 1. The number of carbonyl (C=O) groups is 1. The van der Waals surface area contributed by atoms with Crippen molar-refractivity contribution in [2.24, 2.45) is 5.73 Å². The van der Waals surface area contributed by atoms with Crippen LogP contribution in [0, 0.1) is 0 Å². The number of aromatic amines is 1. The molecule has 0 aliphatic heterocycles. The van der Waals surface area contributed by atoms with Gasteiger partial charge in [0.05, 0.1) is 11.4 Å². The summed E-state index contributed by atoms with van der Waals surface area (Å²) in [6.07, 6.45) is 5.15. The predicted molar refractivity (Wildman–Crippen MR) is 88.1 cm³/mol. The Hall–Kier alpha value is -1.88. The van der Waals surface area contributed by atoms with Crippen LogP contribution in [0.1, 0.15) is 24.8 Å². The van der Waals surface area contributed by atoms with Gasteiger partial charge in [0.2, 0.25) is 5.91 Å². The van der Waals surface area contributed by atoms with Crippen LogP contribution < -0.4 is 5.73 Å². The number of thiocarbonyl (C=S) groups is 1. The summed E-state index contributed by atoms with van der Waals surface area (Å²) in [5, 5.41) is 1.12. The Labute approximate surface area is 129 Å². The Morgan fingerprint density at radius 1 is 1.38 bits per heavy atom. The summed E-state index contributed by atoms with van der Waals surface area (Å²) in [7, 11) is 0.